The number of nitriles is 1. The Labute approximate surface area is 184 Å². The molecule has 30 heavy (non-hydrogen) atoms. The van der Waals surface area contributed by atoms with Gasteiger partial charge in [0.15, 0.2) is 0 Å². The highest BCUT2D eigenvalue weighted by atomic mass is 35.5. The maximum absolute atomic E-state index is 12.8. The number of fused-ring (bicyclic) bond motifs is 1. The van der Waals surface area contributed by atoms with Crippen molar-refractivity contribution in [3.05, 3.63) is 52.0 Å². The van der Waals surface area contributed by atoms with E-state index in [1.165, 1.54) is 0 Å². The fourth-order valence-corrected chi connectivity index (χ4v) is 4.38. The summed E-state index contributed by atoms with van der Waals surface area (Å²) in [5.74, 6) is 0.299. The van der Waals surface area contributed by atoms with E-state index in [-0.39, 0.29) is 5.91 Å². The van der Waals surface area contributed by atoms with Crippen LogP contribution in [-0.4, -0.2) is 21.0 Å². The largest absolute Gasteiger partial charge is 0.334 e. The normalized spacial score (nSPS) is 15.5. The van der Waals surface area contributed by atoms with Gasteiger partial charge in [-0.3, -0.25) is 4.79 Å². The van der Waals surface area contributed by atoms with Crippen molar-refractivity contribution < 1.29 is 4.79 Å². The number of nitrogens with zero attached hydrogens (tertiary/aromatic N) is 3. The summed E-state index contributed by atoms with van der Waals surface area (Å²) >= 11 is 12.5. The Morgan fingerprint density at radius 2 is 1.87 bits per heavy atom. The number of nitrogens with one attached hydrogen (secondary N) is 2. The Hall–Kier alpha value is -2.75. The molecule has 0 radical (unpaired) electrons. The highest BCUT2D eigenvalue weighted by Gasteiger charge is 2.33. The molecule has 0 aliphatic heterocycles. The zero-order valence-corrected chi connectivity index (χ0v) is 18.0. The van der Waals surface area contributed by atoms with Gasteiger partial charge in [-0.2, -0.15) is 5.26 Å². The molecule has 0 atom stereocenters. The minimum absolute atomic E-state index is 0.255. The first-order chi connectivity index (χ1) is 14.4. The zero-order chi connectivity index (χ0) is 21.3. The summed E-state index contributed by atoms with van der Waals surface area (Å²) in [5.41, 5.74) is 1.78. The Morgan fingerprint density at radius 1 is 1.17 bits per heavy atom. The number of imidazole rings is 1. The van der Waals surface area contributed by atoms with Crippen LogP contribution in [0, 0.1) is 11.3 Å². The number of aromatic nitrogens is 2. The fourth-order valence-electron chi connectivity index (χ4n) is 3.89. The van der Waals surface area contributed by atoms with E-state index in [1.807, 2.05) is 17.7 Å². The lowest BCUT2D eigenvalue weighted by atomic mass is 9.82. The molecule has 0 bridgehead atoms. The molecule has 4 rings (SSSR count). The molecule has 6 nitrogen and oxygen atoms in total. The predicted octanol–water partition coefficient (Wildman–Crippen LogP) is 5.58. The minimum atomic E-state index is -0.776. The molecule has 8 heteroatoms. The average molecular weight is 442 g/mol. The highest BCUT2D eigenvalue weighted by Crippen LogP contribution is 2.33. The smallest absolute Gasteiger partial charge is 0.252 e. The van der Waals surface area contributed by atoms with E-state index in [0.717, 1.165) is 24.8 Å². The number of hydrogen-bond acceptors (Lipinski definition) is 4. The Bertz CT molecular complexity index is 1140. The Kier molecular flexibility index (Phi) is 5.59. The van der Waals surface area contributed by atoms with Gasteiger partial charge in [0.1, 0.15) is 5.54 Å². The van der Waals surface area contributed by atoms with Crippen LogP contribution in [0.25, 0.3) is 11.0 Å². The molecular formula is C22H21Cl2N5O. The van der Waals surface area contributed by atoms with Gasteiger partial charge < -0.3 is 15.2 Å². The van der Waals surface area contributed by atoms with Gasteiger partial charge in [-0.15, -0.1) is 0 Å². The van der Waals surface area contributed by atoms with Crippen molar-refractivity contribution >= 4 is 51.8 Å². The van der Waals surface area contributed by atoms with Gasteiger partial charge in [0.25, 0.3) is 5.91 Å². The van der Waals surface area contributed by atoms with E-state index in [0.29, 0.717) is 45.6 Å². The molecule has 1 aliphatic carbocycles. The highest BCUT2D eigenvalue weighted by molar-refractivity contribution is 6.39. The van der Waals surface area contributed by atoms with Crippen molar-refractivity contribution in [2.45, 2.75) is 37.6 Å². The van der Waals surface area contributed by atoms with Crippen molar-refractivity contribution in [2.24, 2.45) is 7.05 Å². The van der Waals surface area contributed by atoms with Gasteiger partial charge in [-0.25, -0.2) is 4.98 Å². The Morgan fingerprint density at radius 3 is 2.53 bits per heavy atom. The number of rotatable bonds is 4. The molecule has 1 saturated carbocycles. The van der Waals surface area contributed by atoms with Crippen molar-refractivity contribution in [1.82, 2.24) is 14.9 Å². The van der Waals surface area contributed by atoms with E-state index in [1.54, 1.807) is 30.3 Å². The number of amides is 1. The van der Waals surface area contributed by atoms with Crippen LogP contribution in [0.5, 0.6) is 0 Å². The van der Waals surface area contributed by atoms with Gasteiger partial charge >= 0.3 is 0 Å². The number of carbonyl (C=O) groups excluding carboxylic acids is 1. The van der Waals surface area contributed by atoms with E-state index in [9.17, 15) is 10.1 Å². The second kappa shape index (κ2) is 8.17. The van der Waals surface area contributed by atoms with Crippen LogP contribution < -0.4 is 10.6 Å². The third-order valence-electron chi connectivity index (χ3n) is 5.62. The fraction of sp³-hybridized carbons (Fsp3) is 0.318. The summed E-state index contributed by atoms with van der Waals surface area (Å²) in [6.07, 6.45) is 4.38. The van der Waals surface area contributed by atoms with E-state index < -0.39 is 5.54 Å². The molecule has 1 heterocycles. The first-order valence-corrected chi connectivity index (χ1v) is 10.6. The number of para-hydroxylation sites is 1. The summed E-state index contributed by atoms with van der Waals surface area (Å²) in [4.78, 5) is 17.5. The molecular weight excluding hydrogens is 421 g/mol. The topological polar surface area (TPSA) is 82.7 Å². The number of halogens is 2. The molecule has 1 aliphatic rings. The van der Waals surface area contributed by atoms with Crippen LogP contribution in [0.4, 0.5) is 11.6 Å². The summed E-state index contributed by atoms with van der Waals surface area (Å²) < 4.78 is 1.87. The average Bonchev–Trinajstić information content (AvgIpc) is 3.06. The molecule has 1 amide bonds. The van der Waals surface area contributed by atoms with Crippen LogP contribution >= 0.6 is 23.2 Å². The van der Waals surface area contributed by atoms with Gasteiger partial charge in [0.2, 0.25) is 5.95 Å². The lowest BCUT2D eigenvalue weighted by molar-refractivity contribution is 0.0903. The van der Waals surface area contributed by atoms with Gasteiger partial charge in [-0.1, -0.05) is 48.5 Å². The van der Waals surface area contributed by atoms with Crippen molar-refractivity contribution in [3.63, 3.8) is 0 Å². The second-order valence-corrected chi connectivity index (χ2v) is 8.44. The first-order valence-electron chi connectivity index (χ1n) is 9.84. The standard InChI is InChI=1S/C22H21Cl2N5O/c1-29-18-9-8-14(20(30)28-22(13-25)10-3-2-4-11-22)12-17(18)26-21(29)27-19-15(23)6-5-7-16(19)24/h5-9,12H,2-4,10-11H2,1H3,(H,26,27)(H,28,30). The molecule has 0 unspecified atom stereocenters. The molecule has 2 N–H and O–H groups in total. The number of aryl methyl sites for hydroxylation is 1. The van der Waals surface area contributed by atoms with Crippen molar-refractivity contribution in [1.29, 1.82) is 5.26 Å². The molecule has 0 spiro atoms. The second-order valence-electron chi connectivity index (χ2n) is 7.63. The van der Waals surface area contributed by atoms with Crippen molar-refractivity contribution in [3.8, 4) is 6.07 Å². The van der Waals surface area contributed by atoms with Crippen LogP contribution in [0.15, 0.2) is 36.4 Å². The summed E-state index contributed by atoms with van der Waals surface area (Å²) in [5, 5.41) is 16.7. The first kappa shape index (κ1) is 20.5. The lowest BCUT2D eigenvalue weighted by Gasteiger charge is -2.31. The van der Waals surface area contributed by atoms with Gasteiger partial charge in [-0.05, 0) is 43.2 Å². The maximum atomic E-state index is 12.8. The summed E-state index contributed by atoms with van der Waals surface area (Å²) in [7, 11) is 1.87. The number of benzene rings is 2. The third kappa shape index (κ3) is 3.83. The lowest BCUT2D eigenvalue weighted by Crippen LogP contribution is -2.48. The van der Waals surface area contributed by atoms with E-state index in [2.05, 4.69) is 21.7 Å². The Balaban J connectivity index is 1.62. The summed E-state index contributed by atoms with van der Waals surface area (Å²) in [6, 6.07) is 12.9. The monoisotopic (exact) mass is 441 g/mol. The van der Waals surface area contributed by atoms with E-state index in [4.69, 9.17) is 23.2 Å². The molecule has 154 valence electrons. The molecule has 0 saturated heterocycles. The SMILES string of the molecule is Cn1c(Nc2c(Cl)cccc2Cl)nc2cc(C(=O)NC3(C#N)CCCCC3)ccc21. The van der Waals surface area contributed by atoms with Gasteiger partial charge in [0.05, 0.1) is 32.8 Å². The van der Waals surface area contributed by atoms with Crippen LogP contribution in [-0.2, 0) is 7.05 Å². The number of anilines is 2. The van der Waals surface area contributed by atoms with Crippen LogP contribution in [0.3, 0.4) is 0 Å². The van der Waals surface area contributed by atoms with Gasteiger partial charge in [0, 0.05) is 12.6 Å². The van der Waals surface area contributed by atoms with Crippen molar-refractivity contribution in [2.75, 3.05) is 5.32 Å². The minimum Gasteiger partial charge on any atom is -0.334 e. The number of hydrogen-bond donors (Lipinski definition) is 2. The quantitative estimate of drug-likeness (QED) is 0.553. The molecule has 1 fully saturated rings. The predicted molar refractivity (Wildman–Crippen MR) is 119 cm³/mol. The molecule has 3 aromatic rings. The van der Waals surface area contributed by atoms with Crippen LogP contribution in [0.2, 0.25) is 10.0 Å². The summed E-state index contributed by atoms with van der Waals surface area (Å²) in [6.45, 7) is 0. The number of carbonyl (C=O) groups is 1. The molecule has 1 aromatic heterocycles. The zero-order valence-electron chi connectivity index (χ0n) is 16.5. The third-order valence-corrected chi connectivity index (χ3v) is 6.25. The molecule has 2 aromatic carbocycles. The van der Waals surface area contributed by atoms with E-state index >= 15 is 0 Å². The van der Waals surface area contributed by atoms with Crippen LogP contribution in [0.1, 0.15) is 42.5 Å². The maximum Gasteiger partial charge on any atom is 0.252 e.